The van der Waals surface area contributed by atoms with Gasteiger partial charge in [0.15, 0.2) is 6.04 Å². The fourth-order valence-electron chi connectivity index (χ4n) is 1.86. The van der Waals surface area contributed by atoms with Crippen molar-refractivity contribution in [2.75, 3.05) is 13.2 Å². The Balaban J connectivity index is 2.79. The number of carboxylic acids is 1. The molecule has 17 heavy (non-hydrogen) atoms. The number of nitrogens with zero attached hydrogens (tertiary/aromatic N) is 1. The number of carbonyl (C=O) groups is 2. The fourth-order valence-corrected chi connectivity index (χ4v) is 1.86. The van der Waals surface area contributed by atoms with Crippen molar-refractivity contribution in [2.24, 2.45) is 0 Å². The Labute approximate surface area is 99.8 Å². The van der Waals surface area contributed by atoms with E-state index in [0.717, 1.165) is 0 Å². The molecule has 6 nitrogen and oxygen atoms in total. The summed E-state index contributed by atoms with van der Waals surface area (Å²) in [6.07, 6.45) is 0.00441. The molecule has 0 aliphatic carbocycles. The van der Waals surface area contributed by atoms with E-state index in [2.05, 4.69) is 6.58 Å². The SMILES string of the molecule is C=CCOC(=O)N1C[C@H](C)O[C@H](C)C1C(=O)O. The van der Waals surface area contributed by atoms with Crippen LogP contribution in [0, 0.1) is 0 Å². The summed E-state index contributed by atoms with van der Waals surface area (Å²) >= 11 is 0. The highest BCUT2D eigenvalue weighted by Crippen LogP contribution is 2.19. The minimum Gasteiger partial charge on any atom is -0.480 e. The van der Waals surface area contributed by atoms with Crippen LogP contribution in [0.25, 0.3) is 0 Å². The summed E-state index contributed by atoms with van der Waals surface area (Å²) in [5.41, 5.74) is 0. The molecule has 1 unspecified atom stereocenters. The molecule has 1 rings (SSSR count). The largest absolute Gasteiger partial charge is 0.480 e. The zero-order valence-electron chi connectivity index (χ0n) is 9.96. The van der Waals surface area contributed by atoms with Crippen molar-refractivity contribution in [2.45, 2.75) is 32.1 Å². The molecule has 1 N–H and O–H groups in total. The van der Waals surface area contributed by atoms with E-state index in [1.165, 1.54) is 11.0 Å². The van der Waals surface area contributed by atoms with Crippen molar-refractivity contribution in [3.05, 3.63) is 12.7 Å². The number of hydrogen-bond acceptors (Lipinski definition) is 4. The van der Waals surface area contributed by atoms with Crippen molar-refractivity contribution >= 4 is 12.1 Å². The summed E-state index contributed by atoms with van der Waals surface area (Å²) in [6, 6.07) is -1.01. The van der Waals surface area contributed by atoms with E-state index in [-0.39, 0.29) is 19.3 Å². The molecule has 1 aliphatic heterocycles. The molecule has 3 atom stereocenters. The molecule has 0 aromatic heterocycles. The molecule has 0 radical (unpaired) electrons. The first-order valence-corrected chi connectivity index (χ1v) is 5.40. The lowest BCUT2D eigenvalue weighted by Crippen LogP contribution is -2.58. The van der Waals surface area contributed by atoms with Crippen LogP contribution in [-0.2, 0) is 14.3 Å². The van der Waals surface area contributed by atoms with Crippen LogP contribution in [0.1, 0.15) is 13.8 Å². The standard InChI is InChI=1S/C11H17NO5/c1-4-5-16-11(15)12-6-7(2)17-8(3)9(12)10(13)14/h4,7-9H,1,5-6H2,2-3H3,(H,13,14)/t7-,8+,9?/m0/s1. The van der Waals surface area contributed by atoms with Crippen molar-refractivity contribution < 1.29 is 24.2 Å². The van der Waals surface area contributed by atoms with Gasteiger partial charge in [-0.2, -0.15) is 0 Å². The van der Waals surface area contributed by atoms with Crippen molar-refractivity contribution in [3.8, 4) is 0 Å². The Morgan fingerprint density at radius 1 is 1.59 bits per heavy atom. The van der Waals surface area contributed by atoms with Gasteiger partial charge in [-0.25, -0.2) is 9.59 Å². The Morgan fingerprint density at radius 3 is 2.76 bits per heavy atom. The number of ether oxygens (including phenoxy) is 2. The summed E-state index contributed by atoms with van der Waals surface area (Å²) in [4.78, 5) is 24.0. The lowest BCUT2D eigenvalue weighted by atomic mass is 10.1. The number of carbonyl (C=O) groups excluding carboxylic acids is 1. The molecule has 1 saturated heterocycles. The maximum atomic E-state index is 11.7. The van der Waals surface area contributed by atoms with E-state index < -0.39 is 24.2 Å². The van der Waals surface area contributed by atoms with Crippen molar-refractivity contribution in [3.63, 3.8) is 0 Å². The molecule has 1 heterocycles. The zero-order valence-corrected chi connectivity index (χ0v) is 9.96. The Morgan fingerprint density at radius 2 is 2.24 bits per heavy atom. The molecule has 1 aliphatic rings. The van der Waals surface area contributed by atoms with Gasteiger partial charge in [-0.1, -0.05) is 12.7 Å². The van der Waals surface area contributed by atoms with Crippen LogP contribution in [-0.4, -0.2) is 53.5 Å². The van der Waals surface area contributed by atoms with Crippen LogP contribution >= 0.6 is 0 Å². The highest BCUT2D eigenvalue weighted by atomic mass is 16.6. The Hall–Kier alpha value is -1.56. The normalized spacial score (nSPS) is 28.6. The summed E-state index contributed by atoms with van der Waals surface area (Å²) in [5.74, 6) is -1.10. The van der Waals surface area contributed by atoms with Gasteiger partial charge in [0.1, 0.15) is 6.61 Å². The monoisotopic (exact) mass is 243 g/mol. The average Bonchev–Trinajstić information content (AvgIpc) is 2.23. The van der Waals surface area contributed by atoms with E-state index >= 15 is 0 Å². The smallest absolute Gasteiger partial charge is 0.411 e. The molecule has 1 fully saturated rings. The number of carboxylic acid groups (broad SMARTS) is 1. The van der Waals surface area contributed by atoms with Crippen LogP contribution in [0.5, 0.6) is 0 Å². The van der Waals surface area contributed by atoms with E-state index in [1.807, 2.05) is 0 Å². The Bertz CT molecular complexity index is 317. The maximum absolute atomic E-state index is 11.7. The van der Waals surface area contributed by atoms with E-state index in [1.54, 1.807) is 13.8 Å². The van der Waals surface area contributed by atoms with Gasteiger partial charge >= 0.3 is 12.1 Å². The van der Waals surface area contributed by atoms with Gasteiger partial charge < -0.3 is 14.6 Å². The molecule has 0 saturated carbocycles. The second kappa shape index (κ2) is 5.67. The summed E-state index contributed by atoms with van der Waals surface area (Å²) in [5, 5.41) is 9.09. The van der Waals surface area contributed by atoms with Gasteiger partial charge in [-0.3, -0.25) is 4.90 Å². The molecule has 0 bridgehead atoms. The summed E-state index contributed by atoms with van der Waals surface area (Å²) in [6.45, 7) is 7.10. The van der Waals surface area contributed by atoms with Crippen LogP contribution in [0.15, 0.2) is 12.7 Å². The molecular formula is C11H17NO5. The van der Waals surface area contributed by atoms with Crippen LogP contribution in [0.4, 0.5) is 4.79 Å². The van der Waals surface area contributed by atoms with Gasteiger partial charge in [0.05, 0.1) is 18.8 Å². The van der Waals surface area contributed by atoms with Gasteiger partial charge in [0, 0.05) is 0 Å². The molecule has 0 spiro atoms. The first kappa shape index (κ1) is 13.5. The number of aliphatic carboxylic acids is 1. The number of rotatable bonds is 3. The number of amides is 1. The minimum absolute atomic E-state index is 0.0608. The third-order valence-electron chi connectivity index (χ3n) is 2.49. The summed E-state index contributed by atoms with van der Waals surface area (Å²) < 4.78 is 10.3. The summed E-state index contributed by atoms with van der Waals surface area (Å²) in [7, 11) is 0. The van der Waals surface area contributed by atoms with E-state index in [4.69, 9.17) is 14.6 Å². The fraction of sp³-hybridized carbons (Fsp3) is 0.636. The average molecular weight is 243 g/mol. The maximum Gasteiger partial charge on any atom is 0.411 e. The van der Waals surface area contributed by atoms with Gasteiger partial charge in [0.25, 0.3) is 0 Å². The molecule has 0 aromatic rings. The highest BCUT2D eigenvalue weighted by molar-refractivity contribution is 5.81. The highest BCUT2D eigenvalue weighted by Gasteiger charge is 2.41. The van der Waals surface area contributed by atoms with Crippen molar-refractivity contribution in [1.82, 2.24) is 4.90 Å². The van der Waals surface area contributed by atoms with Crippen LogP contribution in [0.2, 0.25) is 0 Å². The molecule has 0 aromatic carbocycles. The van der Waals surface area contributed by atoms with Gasteiger partial charge in [-0.05, 0) is 13.8 Å². The zero-order chi connectivity index (χ0) is 13.0. The topological polar surface area (TPSA) is 76.1 Å². The second-order valence-corrected chi connectivity index (χ2v) is 3.95. The quantitative estimate of drug-likeness (QED) is 0.744. The first-order valence-electron chi connectivity index (χ1n) is 5.40. The molecule has 96 valence electrons. The first-order chi connectivity index (χ1) is 7.97. The second-order valence-electron chi connectivity index (χ2n) is 3.95. The Kier molecular flexibility index (Phi) is 4.51. The number of morpholine rings is 1. The lowest BCUT2D eigenvalue weighted by Gasteiger charge is -2.39. The molecule has 6 heteroatoms. The predicted octanol–water partition coefficient (Wildman–Crippen LogP) is 0.871. The third kappa shape index (κ3) is 3.20. The third-order valence-corrected chi connectivity index (χ3v) is 2.49. The molecular weight excluding hydrogens is 226 g/mol. The van der Waals surface area contributed by atoms with Crippen LogP contribution < -0.4 is 0 Å². The molecule has 1 amide bonds. The van der Waals surface area contributed by atoms with Gasteiger partial charge in [-0.15, -0.1) is 0 Å². The van der Waals surface area contributed by atoms with Crippen molar-refractivity contribution in [1.29, 1.82) is 0 Å². The van der Waals surface area contributed by atoms with Gasteiger partial charge in [0.2, 0.25) is 0 Å². The predicted molar refractivity (Wildman–Crippen MR) is 59.7 cm³/mol. The van der Waals surface area contributed by atoms with Crippen LogP contribution in [0.3, 0.4) is 0 Å². The number of hydrogen-bond donors (Lipinski definition) is 1. The van der Waals surface area contributed by atoms with E-state index in [9.17, 15) is 9.59 Å². The lowest BCUT2D eigenvalue weighted by molar-refractivity contribution is -0.159. The minimum atomic E-state index is -1.10. The van der Waals surface area contributed by atoms with E-state index in [0.29, 0.717) is 0 Å².